The number of aliphatic hydroxyl groups excluding tert-OH is 1. The van der Waals surface area contributed by atoms with Gasteiger partial charge < -0.3 is 19.9 Å². The maximum absolute atomic E-state index is 13.7. The normalized spacial score (nSPS) is 18.8. The highest BCUT2D eigenvalue weighted by atomic mass is 79.9. The first-order valence-corrected chi connectivity index (χ1v) is 13.6. The van der Waals surface area contributed by atoms with Crippen molar-refractivity contribution in [2.24, 2.45) is 4.99 Å². The summed E-state index contributed by atoms with van der Waals surface area (Å²) in [5.41, 5.74) is 0.0107. The Morgan fingerprint density at radius 3 is 2.33 bits per heavy atom. The van der Waals surface area contributed by atoms with Gasteiger partial charge in [0.2, 0.25) is 5.90 Å². The standard InChI is InChI=1S/C28H25Br2F3N2O4/c29-22-8-3-1-6-19(22)16-27(26(37)34-17-28(31,32)33)24(21-7-2-4-9-23(21)30)39-25(35-27)18-10-12-20(13-11-18)38-15-5-14-36/h1-4,6-13,24,36H,5,14-17H2,(H,34,37)/t24-,27-/m1/s1. The summed E-state index contributed by atoms with van der Waals surface area (Å²) >= 11 is 7.00. The predicted molar refractivity (Wildman–Crippen MR) is 148 cm³/mol. The molecule has 3 aromatic rings. The molecule has 2 N–H and O–H groups in total. The molecule has 1 amide bonds. The molecule has 3 aromatic carbocycles. The summed E-state index contributed by atoms with van der Waals surface area (Å²) in [6.07, 6.45) is -5.19. The molecule has 0 radical (unpaired) electrons. The number of rotatable bonds is 10. The Morgan fingerprint density at radius 2 is 1.69 bits per heavy atom. The fraction of sp³-hybridized carbons (Fsp3) is 0.286. The van der Waals surface area contributed by atoms with Crippen LogP contribution in [0.1, 0.15) is 29.2 Å². The molecule has 11 heteroatoms. The van der Waals surface area contributed by atoms with Gasteiger partial charge in [0.15, 0.2) is 11.6 Å². The van der Waals surface area contributed by atoms with E-state index < -0.39 is 30.3 Å². The molecule has 4 rings (SSSR count). The van der Waals surface area contributed by atoms with E-state index in [0.717, 1.165) is 0 Å². The molecule has 39 heavy (non-hydrogen) atoms. The molecule has 0 aromatic heterocycles. The van der Waals surface area contributed by atoms with Crippen molar-refractivity contribution >= 4 is 43.7 Å². The number of amides is 1. The van der Waals surface area contributed by atoms with Crippen LogP contribution in [0.3, 0.4) is 0 Å². The Hall–Kier alpha value is -2.89. The topological polar surface area (TPSA) is 80.2 Å². The Morgan fingerprint density at radius 1 is 1.03 bits per heavy atom. The van der Waals surface area contributed by atoms with Crippen molar-refractivity contribution in [1.29, 1.82) is 0 Å². The van der Waals surface area contributed by atoms with Gasteiger partial charge in [0.25, 0.3) is 5.91 Å². The zero-order valence-electron chi connectivity index (χ0n) is 20.6. The van der Waals surface area contributed by atoms with Crippen LogP contribution in [0.5, 0.6) is 5.75 Å². The molecule has 1 aliphatic rings. The van der Waals surface area contributed by atoms with Crippen molar-refractivity contribution in [3.8, 4) is 5.75 Å². The van der Waals surface area contributed by atoms with Gasteiger partial charge in [-0.15, -0.1) is 0 Å². The second kappa shape index (κ2) is 12.5. The summed E-state index contributed by atoms with van der Waals surface area (Å²) in [6.45, 7) is -1.15. The lowest BCUT2D eigenvalue weighted by atomic mass is 9.82. The third kappa shape index (κ3) is 7.01. The number of ether oxygens (including phenoxy) is 2. The van der Waals surface area contributed by atoms with Gasteiger partial charge in [-0.3, -0.25) is 4.79 Å². The maximum Gasteiger partial charge on any atom is 0.405 e. The Balaban J connectivity index is 1.80. The van der Waals surface area contributed by atoms with E-state index in [1.807, 2.05) is 0 Å². The van der Waals surface area contributed by atoms with E-state index in [9.17, 15) is 18.0 Å². The number of aliphatic imine (C=N–C) groups is 1. The third-order valence-electron chi connectivity index (χ3n) is 6.08. The minimum absolute atomic E-state index is 0.00910. The van der Waals surface area contributed by atoms with Gasteiger partial charge in [0.05, 0.1) is 6.61 Å². The van der Waals surface area contributed by atoms with Crippen LogP contribution in [-0.4, -0.2) is 48.4 Å². The summed E-state index contributed by atoms with van der Waals surface area (Å²) in [5, 5.41) is 11.0. The number of hydrogen-bond acceptors (Lipinski definition) is 5. The van der Waals surface area contributed by atoms with Crippen LogP contribution >= 0.6 is 31.9 Å². The third-order valence-corrected chi connectivity index (χ3v) is 7.58. The molecule has 0 saturated heterocycles. The van der Waals surface area contributed by atoms with E-state index in [1.54, 1.807) is 72.8 Å². The molecule has 0 spiro atoms. The number of carbonyl (C=O) groups excluding carboxylic acids is 1. The molecular weight excluding hydrogens is 645 g/mol. The smallest absolute Gasteiger partial charge is 0.405 e. The van der Waals surface area contributed by atoms with Gasteiger partial charge in [-0.05, 0) is 42.0 Å². The highest BCUT2D eigenvalue weighted by molar-refractivity contribution is 9.10. The Kier molecular flexibility index (Phi) is 9.35. The minimum atomic E-state index is -4.61. The van der Waals surface area contributed by atoms with E-state index in [0.29, 0.717) is 44.4 Å². The molecular formula is C28H25Br2F3N2O4. The van der Waals surface area contributed by atoms with Gasteiger partial charge in [0, 0.05) is 39.5 Å². The van der Waals surface area contributed by atoms with E-state index in [1.165, 1.54) is 0 Å². The number of halogens is 5. The molecule has 6 nitrogen and oxygen atoms in total. The van der Waals surface area contributed by atoms with Crippen LogP contribution in [0, 0.1) is 0 Å². The first-order chi connectivity index (χ1) is 18.6. The van der Waals surface area contributed by atoms with Crippen LogP contribution in [0.25, 0.3) is 0 Å². The number of alkyl halides is 3. The molecule has 0 unspecified atom stereocenters. The molecule has 1 aliphatic heterocycles. The van der Waals surface area contributed by atoms with Crippen LogP contribution in [0.15, 0.2) is 86.7 Å². The van der Waals surface area contributed by atoms with Crippen LogP contribution < -0.4 is 10.1 Å². The first-order valence-electron chi connectivity index (χ1n) is 12.1. The van der Waals surface area contributed by atoms with E-state index in [-0.39, 0.29) is 18.9 Å². The van der Waals surface area contributed by atoms with Gasteiger partial charge in [-0.2, -0.15) is 13.2 Å². The van der Waals surface area contributed by atoms with Gasteiger partial charge in [0.1, 0.15) is 12.3 Å². The van der Waals surface area contributed by atoms with Gasteiger partial charge in [-0.1, -0.05) is 68.3 Å². The molecule has 1 heterocycles. The summed E-state index contributed by atoms with van der Waals surface area (Å²) in [5.74, 6) is -0.224. The first kappa shape index (κ1) is 29.1. The molecule has 2 atom stereocenters. The fourth-order valence-electron chi connectivity index (χ4n) is 4.21. The average molecular weight is 670 g/mol. The lowest BCUT2D eigenvalue weighted by molar-refractivity contribution is -0.143. The van der Waals surface area contributed by atoms with Crippen molar-refractivity contribution in [2.45, 2.75) is 30.7 Å². The molecule has 0 bridgehead atoms. The molecule has 206 valence electrons. The molecule has 0 saturated carbocycles. The van der Waals surface area contributed by atoms with Crippen LogP contribution in [-0.2, 0) is 16.0 Å². The second-order valence-electron chi connectivity index (χ2n) is 8.88. The number of aliphatic hydroxyl groups is 1. The minimum Gasteiger partial charge on any atom is -0.494 e. The van der Waals surface area contributed by atoms with Crippen molar-refractivity contribution < 1.29 is 32.5 Å². The molecule has 0 fully saturated rings. The van der Waals surface area contributed by atoms with Crippen molar-refractivity contribution in [3.63, 3.8) is 0 Å². The van der Waals surface area contributed by atoms with E-state index in [2.05, 4.69) is 37.2 Å². The SMILES string of the molecule is O=C(NCC(F)(F)F)[C@]1(Cc2ccccc2Br)N=C(c2ccc(OCCCO)cc2)O[C@@H]1c1ccccc1Br. The number of nitrogens with zero attached hydrogens (tertiary/aromatic N) is 1. The largest absolute Gasteiger partial charge is 0.494 e. The monoisotopic (exact) mass is 668 g/mol. The van der Waals surface area contributed by atoms with Crippen molar-refractivity contribution in [2.75, 3.05) is 19.8 Å². The lowest BCUT2D eigenvalue weighted by Crippen LogP contribution is -2.52. The number of nitrogens with one attached hydrogen (secondary N) is 1. The number of benzene rings is 3. The maximum atomic E-state index is 13.7. The zero-order chi connectivity index (χ0) is 28.0. The highest BCUT2D eigenvalue weighted by Gasteiger charge is 2.54. The summed E-state index contributed by atoms with van der Waals surface area (Å²) in [7, 11) is 0. The Bertz CT molecular complexity index is 1330. The van der Waals surface area contributed by atoms with Crippen molar-refractivity contribution in [3.05, 3.63) is 98.4 Å². The summed E-state index contributed by atoms with van der Waals surface area (Å²) in [6, 6.07) is 21.0. The summed E-state index contributed by atoms with van der Waals surface area (Å²) < 4.78 is 52.7. The second-order valence-corrected chi connectivity index (χ2v) is 10.6. The predicted octanol–water partition coefficient (Wildman–Crippen LogP) is 6.15. The molecule has 0 aliphatic carbocycles. The van der Waals surface area contributed by atoms with Crippen LogP contribution in [0.2, 0.25) is 0 Å². The Labute approximate surface area is 240 Å². The lowest BCUT2D eigenvalue weighted by Gasteiger charge is -2.31. The van der Waals surface area contributed by atoms with E-state index in [4.69, 9.17) is 19.6 Å². The van der Waals surface area contributed by atoms with Crippen LogP contribution in [0.4, 0.5) is 13.2 Å². The quantitative estimate of drug-likeness (QED) is 0.254. The number of hydrogen-bond donors (Lipinski definition) is 2. The van der Waals surface area contributed by atoms with Crippen molar-refractivity contribution in [1.82, 2.24) is 5.32 Å². The van der Waals surface area contributed by atoms with Gasteiger partial charge in [-0.25, -0.2) is 4.99 Å². The average Bonchev–Trinajstić information content (AvgIpc) is 3.29. The van der Waals surface area contributed by atoms with Gasteiger partial charge >= 0.3 is 6.18 Å². The number of carbonyl (C=O) groups is 1. The highest BCUT2D eigenvalue weighted by Crippen LogP contribution is 2.45. The summed E-state index contributed by atoms with van der Waals surface area (Å²) in [4.78, 5) is 18.5. The fourth-order valence-corrected chi connectivity index (χ4v) is 5.13. The van der Waals surface area contributed by atoms with E-state index >= 15 is 0 Å². The zero-order valence-corrected chi connectivity index (χ0v) is 23.7.